The molecular formula is C17H22OSi. The first kappa shape index (κ1) is 14.0. The molecule has 1 nitrogen and oxygen atoms in total. The summed E-state index contributed by atoms with van der Waals surface area (Å²) in [6.07, 6.45) is 2.56. The molecule has 0 saturated carbocycles. The number of hydrogen-bond donors (Lipinski definition) is 0. The Labute approximate surface area is 119 Å². The highest BCUT2D eigenvalue weighted by Gasteiger charge is 2.23. The first-order chi connectivity index (χ1) is 9.36. The second-order valence-corrected chi connectivity index (χ2v) is 5.33. The lowest BCUT2D eigenvalue weighted by atomic mass is 9.85. The largest absolute Gasteiger partial charge is 0.424 e. The monoisotopic (exact) mass is 270 g/mol. The molecule has 0 amide bonds. The zero-order valence-corrected chi connectivity index (χ0v) is 13.8. The second kappa shape index (κ2) is 7.27. The van der Waals surface area contributed by atoms with E-state index in [1.54, 1.807) is 0 Å². The molecule has 0 saturated heterocycles. The van der Waals surface area contributed by atoms with Gasteiger partial charge in [-0.15, -0.1) is 0 Å². The zero-order chi connectivity index (χ0) is 13.5. The van der Waals surface area contributed by atoms with Crippen molar-refractivity contribution in [2.75, 3.05) is 0 Å². The lowest BCUT2D eigenvalue weighted by Gasteiger charge is -2.27. The van der Waals surface area contributed by atoms with E-state index in [-0.39, 0.29) is 0 Å². The number of benzene rings is 2. The maximum absolute atomic E-state index is 5.90. The van der Waals surface area contributed by atoms with Crippen LogP contribution in [0.4, 0.5) is 0 Å². The lowest BCUT2D eigenvalue weighted by Crippen LogP contribution is -2.22. The summed E-state index contributed by atoms with van der Waals surface area (Å²) in [5.74, 6) is 0.347. The van der Waals surface area contributed by atoms with Crippen LogP contribution in [0, 0.1) is 0 Å². The van der Waals surface area contributed by atoms with Gasteiger partial charge in [0.25, 0.3) is 0 Å². The van der Waals surface area contributed by atoms with E-state index in [1.165, 1.54) is 11.1 Å². The van der Waals surface area contributed by atoms with E-state index in [2.05, 4.69) is 67.6 Å². The fraction of sp³-hybridized carbons (Fsp3) is 0.294. The topological polar surface area (TPSA) is 9.23 Å². The standard InChI is InChI=1S/C17H22OSi/c1-2-9-16(18-19)17(14-10-5-3-6-11-14)15-12-7-4-8-13-15/h3-8,10-13,16-17H,2,9H2,1,19H3. The molecule has 0 spiro atoms. The van der Waals surface area contributed by atoms with Gasteiger partial charge in [0.2, 0.25) is 0 Å². The average Bonchev–Trinajstić information content (AvgIpc) is 2.49. The summed E-state index contributed by atoms with van der Waals surface area (Å²) in [4.78, 5) is 0. The first-order valence-corrected chi connectivity index (χ1v) is 7.81. The van der Waals surface area contributed by atoms with Gasteiger partial charge in [-0.25, -0.2) is 0 Å². The van der Waals surface area contributed by atoms with E-state index in [9.17, 15) is 0 Å². The van der Waals surface area contributed by atoms with E-state index in [0.29, 0.717) is 12.0 Å². The van der Waals surface area contributed by atoms with Gasteiger partial charge in [-0.05, 0) is 17.5 Å². The molecule has 1 atom stereocenters. The number of hydrogen-bond acceptors (Lipinski definition) is 1. The second-order valence-electron chi connectivity index (χ2n) is 4.86. The molecule has 0 aromatic heterocycles. The van der Waals surface area contributed by atoms with Crippen molar-refractivity contribution < 1.29 is 4.43 Å². The summed E-state index contributed by atoms with van der Waals surface area (Å²) in [6.45, 7) is 2.22. The predicted molar refractivity (Wildman–Crippen MR) is 84.4 cm³/mol. The fourth-order valence-electron chi connectivity index (χ4n) is 2.65. The van der Waals surface area contributed by atoms with Gasteiger partial charge in [-0.3, -0.25) is 0 Å². The molecule has 0 heterocycles. The van der Waals surface area contributed by atoms with Crippen molar-refractivity contribution in [2.45, 2.75) is 31.8 Å². The van der Waals surface area contributed by atoms with Crippen LogP contribution in [0.1, 0.15) is 36.8 Å². The Kier molecular flexibility index (Phi) is 5.37. The van der Waals surface area contributed by atoms with E-state index in [1.807, 2.05) is 0 Å². The molecule has 0 aliphatic carbocycles. The third-order valence-corrected chi connectivity index (χ3v) is 4.17. The minimum atomic E-state index is 0.293. The van der Waals surface area contributed by atoms with Crippen LogP contribution in [0.3, 0.4) is 0 Å². The smallest absolute Gasteiger partial charge is 0.146 e. The summed E-state index contributed by atoms with van der Waals surface area (Å²) in [6, 6.07) is 21.4. The lowest BCUT2D eigenvalue weighted by molar-refractivity contribution is 0.189. The fourth-order valence-corrected chi connectivity index (χ4v) is 3.16. The molecule has 0 N–H and O–H groups in total. The molecular weight excluding hydrogens is 248 g/mol. The predicted octanol–water partition coefficient (Wildman–Crippen LogP) is 3.28. The Morgan fingerprint density at radius 1 is 0.895 bits per heavy atom. The summed E-state index contributed by atoms with van der Waals surface area (Å²) < 4.78 is 5.90. The highest BCUT2D eigenvalue weighted by atomic mass is 28.2. The van der Waals surface area contributed by atoms with Crippen molar-refractivity contribution in [1.82, 2.24) is 0 Å². The molecule has 100 valence electrons. The van der Waals surface area contributed by atoms with Crippen LogP contribution >= 0.6 is 0 Å². The van der Waals surface area contributed by atoms with E-state index in [4.69, 9.17) is 4.43 Å². The van der Waals surface area contributed by atoms with Crippen LogP contribution in [-0.4, -0.2) is 16.6 Å². The third-order valence-electron chi connectivity index (χ3n) is 3.57. The molecule has 1 unspecified atom stereocenters. The maximum Gasteiger partial charge on any atom is 0.146 e. The van der Waals surface area contributed by atoms with Crippen LogP contribution in [0.2, 0.25) is 0 Å². The first-order valence-electron chi connectivity index (χ1n) is 6.99. The van der Waals surface area contributed by atoms with E-state index >= 15 is 0 Å². The van der Waals surface area contributed by atoms with Crippen molar-refractivity contribution in [3.8, 4) is 0 Å². The average molecular weight is 270 g/mol. The van der Waals surface area contributed by atoms with Gasteiger partial charge in [-0.2, -0.15) is 0 Å². The summed E-state index contributed by atoms with van der Waals surface area (Å²) in [5, 5.41) is 0. The molecule has 0 aliphatic heterocycles. The van der Waals surface area contributed by atoms with Gasteiger partial charge >= 0.3 is 0 Å². The molecule has 0 fully saturated rings. The summed E-state index contributed by atoms with van der Waals surface area (Å²) in [7, 11) is 0.787. The molecule has 2 rings (SSSR count). The quantitative estimate of drug-likeness (QED) is 0.732. The Morgan fingerprint density at radius 2 is 1.37 bits per heavy atom. The van der Waals surface area contributed by atoms with Crippen molar-refractivity contribution in [3.63, 3.8) is 0 Å². The summed E-state index contributed by atoms with van der Waals surface area (Å²) >= 11 is 0. The molecule has 2 aromatic rings. The summed E-state index contributed by atoms with van der Waals surface area (Å²) in [5.41, 5.74) is 2.70. The molecule has 2 heteroatoms. The van der Waals surface area contributed by atoms with Gasteiger partial charge in [0.15, 0.2) is 0 Å². The van der Waals surface area contributed by atoms with Gasteiger partial charge in [-0.1, -0.05) is 74.0 Å². The van der Waals surface area contributed by atoms with Gasteiger partial charge in [0.1, 0.15) is 10.5 Å². The van der Waals surface area contributed by atoms with Gasteiger partial charge in [0, 0.05) is 5.92 Å². The Bertz CT molecular complexity index is 430. The van der Waals surface area contributed by atoms with Crippen molar-refractivity contribution >= 4 is 10.5 Å². The van der Waals surface area contributed by atoms with E-state index in [0.717, 1.165) is 23.3 Å². The molecule has 0 aliphatic rings. The molecule has 19 heavy (non-hydrogen) atoms. The minimum absolute atomic E-state index is 0.293. The molecule has 0 radical (unpaired) electrons. The Hall–Kier alpha value is -1.38. The van der Waals surface area contributed by atoms with Crippen LogP contribution in [-0.2, 0) is 4.43 Å². The SMILES string of the molecule is CCCC(O[SiH3])C(c1ccccc1)c1ccccc1. The molecule has 0 bridgehead atoms. The van der Waals surface area contributed by atoms with Gasteiger partial charge < -0.3 is 4.43 Å². The zero-order valence-electron chi connectivity index (χ0n) is 11.8. The minimum Gasteiger partial charge on any atom is -0.424 e. The van der Waals surface area contributed by atoms with Crippen molar-refractivity contribution in [3.05, 3.63) is 71.8 Å². The van der Waals surface area contributed by atoms with Crippen LogP contribution in [0.25, 0.3) is 0 Å². The van der Waals surface area contributed by atoms with Gasteiger partial charge in [0.05, 0.1) is 6.10 Å². The normalized spacial score (nSPS) is 12.7. The van der Waals surface area contributed by atoms with Crippen molar-refractivity contribution in [1.29, 1.82) is 0 Å². The number of rotatable bonds is 6. The van der Waals surface area contributed by atoms with E-state index < -0.39 is 0 Å². The van der Waals surface area contributed by atoms with Crippen LogP contribution in [0.5, 0.6) is 0 Å². The maximum atomic E-state index is 5.90. The third kappa shape index (κ3) is 3.55. The highest BCUT2D eigenvalue weighted by Crippen LogP contribution is 2.31. The van der Waals surface area contributed by atoms with Crippen LogP contribution < -0.4 is 0 Å². The molecule has 2 aromatic carbocycles. The highest BCUT2D eigenvalue weighted by molar-refractivity contribution is 5.98. The Balaban J connectivity index is 2.38. The Morgan fingerprint density at radius 3 is 1.74 bits per heavy atom. The van der Waals surface area contributed by atoms with Crippen molar-refractivity contribution in [2.24, 2.45) is 0 Å². The van der Waals surface area contributed by atoms with Crippen LogP contribution in [0.15, 0.2) is 60.7 Å².